The monoisotopic (exact) mass is 395 g/mol. The molecule has 158 valence electrons. The second-order valence-corrected chi connectivity index (χ2v) is 9.07. The molecule has 28 heavy (non-hydrogen) atoms. The third kappa shape index (κ3) is 5.08. The molecule has 3 aliphatic heterocycles. The molecule has 3 heterocycles. The Balaban J connectivity index is 1.38. The van der Waals surface area contributed by atoms with Gasteiger partial charge in [0.05, 0.1) is 26.1 Å². The molecule has 0 saturated carbocycles. The van der Waals surface area contributed by atoms with Gasteiger partial charge in [0.2, 0.25) is 0 Å². The first-order valence-electron chi connectivity index (χ1n) is 10.3. The Morgan fingerprint density at radius 2 is 1.93 bits per heavy atom. The van der Waals surface area contributed by atoms with E-state index in [0.717, 1.165) is 44.6 Å². The van der Waals surface area contributed by atoms with Gasteiger partial charge in [-0.25, -0.2) is 4.79 Å². The fraction of sp³-hybridized carbons (Fsp3) is 0.850. The molecule has 0 atom stereocenters. The van der Waals surface area contributed by atoms with E-state index < -0.39 is 5.60 Å². The summed E-state index contributed by atoms with van der Waals surface area (Å²) in [6.45, 7) is 10.8. The first-order valence-corrected chi connectivity index (χ1v) is 10.3. The number of ether oxygens (including phenoxy) is 2. The van der Waals surface area contributed by atoms with Crippen LogP contribution in [0.25, 0.3) is 0 Å². The molecule has 2 fully saturated rings. The van der Waals surface area contributed by atoms with Crippen LogP contribution in [0.15, 0.2) is 5.16 Å². The van der Waals surface area contributed by atoms with Crippen molar-refractivity contribution in [3.05, 3.63) is 0 Å². The Morgan fingerprint density at radius 1 is 1.25 bits per heavy atom. The number of amidine groups is 1. The number of carbonyl (C=O) groups is 2. The molecule has 1 spiro atoms. The molecule has 8 heteroatoms. The number of amides is 1. The molecule has 0 unspecified atom stereocenters. The quantitative estimate of drug-likeness (QED) is 0.681. The van der Waals surface area contributed by atoms with E-state index >= 15 is 0 Å². The molecule has 1 amide bonds. The predicted molar refractivity (Wildman–Crippen MR) is 104 cm³/mol. The molecule has 0 aromatic heterocycles. The maximum atomic E-state index is 12.1. The van der Waals surface area contributed by atoms with E-state index in [2.05, 4.69) is 10.1 Å². The lowest BCUT2D eigenvalue weighted by atomic mass is 9.89. The van der Waals surface area contributed by atoms with Crippen molar-refractivity contribution >= 4 is 17.9 Å². The van der Waals surface area contributed by atoms with Crippen molar-refractivity contribution < 1.29 is 23.9 Å². The Bertz CT molecular complexity index is 614. The number of carbonyl (C=O) groups excluding carboxylic acids is 2. The number of esters is 1. The van der Waals surface area contributed by atoms with E-state index in [0.29, 0.717) is 32.0 Å². The molecule has 8 nitrogen and oxygen atoms in total. The van der Waals surface area contributed by atoms with Gasteiger partial charge in [0, 0.05) is 19.5 Å². The Labute approximate surface area is 167 Å². The van der Waals surface area contributed by atoms with Crippen LogP contribution >= 0.6 is 0 Å². The summed E-state index contributed by atoms with van der Waals surface area (Å²) in [5.74, 6) is 1.44. The lowest BCUT2D eigenvalue weighted by Gasteiger charge is -2.45. The highest BCUT2D eigenvalue weighted by atomic mass is 16.7. The number of hydrogen-bond acceptors (Lipinski definition) is 7. The highest BCUT2D eigenvalue weighted by Gasteiger charge is 2.53. The number of piperidine rings is 1. The molecule has 0 aromatic carbocycles. The molecule has 2 saturated heterocycles. The van der Waals surface area contributed by atoms with Gasteiger partial charge in [-0.2, -0.15) is 0 Å². The van der Waals surface area contributed by atoms with Gasteiger partial charge < -0.3 is 19.2 Å². The maximum absolute atomic E-state index is 12.1. The average molecular weight is 396 g/mol. The molecule has 3 rings (SSSR count). The zero-order chi connectivity index (χ0) is 20.4. The van der Waals surface area contributed by atoms with Gasteiger partial charge in [0.15, 0.2) is 5.60 Å². The summed E-state index contributed by atoms with van der Waals surface area (Å²) < 4.78 is 10.4. The lowest BCUT2D eigenvalue weighted by Crippen LogP contribution is -2.64. The summed E-state index contributed by atoms with van der Waals surface area (Å²) in [5, 5.41) is 4.32. The van der Waals surface area contributed by atoms with E-state index in [1.54, 1.807) is 4.90 Å². The zero-order valence-corrected chi connectivity index (χ0v) is 17.5. The van der Waals surface area contributed by atoms with Crippen molar-refractivity contribution in [2.75, 3.05) is 32.8 Å². The number of rotatable bonds is 4. The molecule has 0 bridgehead atoms. The van der Waals surface area contributed by atoms with Crippen LogP contribution in [-0.4, -0.2) is 71.7 Å². The molecule has 0 radical (unpaired) electrons. The maximum Gasteiger partial charge on any atom is 0.410 e. The number of oxime groups is 1. The Kier molecular flexibility index (Phi) is 6.05. The van der Waals surface area contributed by atoms with E-state index in [4.69, 9.17) is 14.3 Å². The number of nitrogens with zero attached hydrogens (tertiary/aromatic N) is 3. The standard InChI is InChI=1S/C20H33N3O5/c1-5-26-17(24)7-6-15-8-10-22(11-9-15)16-12-20(28-21-16)13-23(14-20)18(25)27-19(2,3)4/h15H,5-14H2,1-4H3. The van der Waals surface area contributed by atoms with E-state index in [1.165, 1.54) is 0 Å². The van der Waals surface area contributed by atoms with Crippen molar-refractivity contribution in [2.24, 2.45) is 11.1 Å². The van der Waals surface area contributed by atoms with Gasteiger partial charge >= 0.3 is 12.1 Å². The lowest BCUT2D eigenvalue weighted by molar-refractivity contribution is -0.143. The van der Waals surface area contributed by atoms with Gasteiger partial charge in [0.1, 0.15) is 11.4 Å². The highest BCUT2D eigenvalue weighted by molar-refractivity contribution is 5.85. The zero-order valence-electron chi connectivity index (χ0n) is 17.5. The van der Waals surface area contributed by atoms with E-state index in [1.807, 2.05) is 27.7 Å². The van der Waals surface area contributed by atoms with Crippen molar-refractivity contribution in [1.82, 2.24) is 9.80 Å². The second-order valence-electron chi connectivity index (χ2n) is 9.07. The summed E-state index contributed by atoms with van der Waals surface area (Å²) >= 11 is 0. The molecular weight excluding hydrogens is 362 g/mol. The van der Waals surface area contributed by atoms with Crippen molar-refractivity contribution in [3.63, 3.8) is 0 Å². The van der Waals surface area contributed by atoms with Crippen molar-refractivity contribution in [1.29, 1.82) is 0 Å². The third-order valence-corrected chi connectivity index (χ3v) is 5.48. The molecule has 0 N–H and O–H groups in total. The minimum Gasteiger partial charge on any atom is -0.466 e. The first kappa shape index (κ1) is 20.7. The second kappa shape index (κ2) is 8.17. The first-order chi connectivity index (χ1) is 13.2. The number of likely N-dealkylation sites (tertiary alicyclic amines) is 2. The largest absolute Gasteiger partial charge is 0.466 e. The summed E-state index contributed by atoms with van der Waals surface area (Å²) in [6.07, 6.45) is 3.94. The molecular formula is C20H33N3O5. The van der Waals surface area contributed by atoms with Crippen LogP contribution in [0.1, 0.15) is 59.8 Å². The van der Waals surface area contributed by atoms with Crippen LogP contribution < -0.4 is 0 Å². The SMILES string of the molecule is CCOC(=O)CCC1CCN(C2=NOC3(C2)CN(C(=O)OC(C)(C)C)C3)CC1. The highest BCUT2D eigenvalue weighted by Crippen LogP contribution is 2.36. The van der Waals surface area contributed by atoms with E-state index in [9.17, 15) is 9.59 Å². The predicted octanol–water partition coefficient (Wildman–Crippen LogP) is 2.77. The molecule has 3 aliphatic rings. The fourth-order valence-corrected chi connectivity index (χ4v) is 3.98. The van der Waals surface area contributed by atoms with Crippen LogP contribution in [0, 0.1) is 5.92 Å². The topological polar surface area (TPSA) is 80.7 Å². The summed E-state index contributed by atoms with van der Waals surface area (Å²) in [5.41, 5.74) is -0.872. The van der Waals surface area contributed by atoms with Gasteiger partial charge in [-0.05, 0) is 52.9 Å². The van der Waals surface area contributed by atoms with Crippen LogP contribution in [0.5, 0.6) is 0 Å². The fourth-order valence-electron chi connectivity index (χ4n) is 3.98. The smallest absolute Gasteiger partial charge is 0.410 e. The summed E-state index contributed by atoms with van der Waals surface area (Å²) in [6, 6.07) is 0. The minimum absolute atomic E-state index is 0.0973. The van der Waals surface area contributed by atoms with Crippen LogP contribution in [0.3, 0.4) is 0 Å². The van der Waals surface area contributed by atoms with Gasteiger partial charge in [-0.3, -0.25) is 9.69 Å². The van der Waals surface area contributed by atoms with Gasteiger partial charge in [-0.1, -0.05) is 5.16 Å². The Hall–Kier alpha value is -1.99. The van der Waals surface area contributed by atoms with Crippen LogP contribution in [0.2, 0.25) is 0 Å². The van der Waals surface area contributed by atoms with Crippen molar-refractivity contribution in [2.45, 2.75) is 71.0 Å². The van der Waals surface area contributed by atoms with Gasteiger partial charge in [-0.15, -0.1) is 0 Å². The average Bonchev–Trinajstić information content (AvgIpc) is 3.04. The molecule has 0 aromatic rings. The molecule has 0 aliphatic carbocycles. The van der Waals surface area contributed by atoms with E-state index in [-0.39, 0.29) is 17.7 Å². The summed E-state index contributed by atoms with van der Waals surface area (Å²) in [4.78, 5) is 33.3. The minimum atomic E-state index is -0.490. The van der Waals surface area contributed by atoms with Gasteiger partial charge in [0.25, 0.3) is 0 Å². The van der Waals surface area contributed by atoms with Crippen LogP contribution in [0.4, 0.5) is 4.79 Å². The normalized spacial score (nSPS) is 21.8. The van der Waals surface area contributed by atoms with Crippen LogP contribution in [-0.2, 0) is 19.1 Å². The number of hydrogen-bond donors (Lipinski definition) is 0. The Morgan fingerprint density at radius 3 is 2.54 bits per heavy atom. The third-order valence-electron chi connectivity index (χ3n) is 5.48. The summed E-state index contributed by atoms with van der Waals surface area (Å²) in [7, 11) is 0. The van der Waals surface area contributed by atoms with Crippen molar-refractivity contribution in [3.8, 4) is 0 Å².